The molecule has 2 saturated heterocycles. The van der Waals surface area contributed by atoms with Gasteiger partial charge in [-0.2, -0.15) is 0 Å². The molecular formula is C74H84F2N10O6. The summed E-state index contributed by atoms with van der Waals surface area (Å²) in [5, 5.41) is 5.77. The molecule has 92 heavy (non-hydrogen) atoms. The van der Waals surface area contributed by atoms with E-state index in [1.54, 1.807) is 16.0 Å². The SMILES string of the molecule is CN(C)c1ccc(CCCNC(=O)c2cc(F)ccc2C(=O)N2CCC(Oc3ccc(-c4ccc(N(C)C)cc4)cn3)CC2)cc1.CN(C)c1ccc(CCCNC(=O)c2ccc(F)cc2C(=O)N2CCC(Oc3ccc(-c4ccc(N(C)C)cc4)cn3)CC2)cc1. The minimum absolute atomic E-state index is 0.0550. The van der Waals surface area contributed by atoms with Crippen molar-refractivity contribution in [3.63, 3.8) is 0 Å². The molecule has 4 heterocycles. The second-order valence-electron chi connectivity index (χ2n) is 24.1. The van der Waals surface area contributed by atoms with Crippen LogP contribution in [0.2, 0.25) is 0 Å². The van der Waals surface area contributed by atoms with Crippen LogP contribution in [-0.4, -0.2) is 151 Å². The Morgan fingerprint density at radius 1 is 0.424 bits per heavy atom. The summed E-state index contributed by atoms with van der Waals surface area (Å²) in [7, 11) is 16.0. The average molecular weight is 1250 g/mol. The monoisotopic (exact) mass is 1250 g/mol. The van der Waals surface area contributed by atoms with Crippen molar-refractivity contribution >= 4 is 46.4 Å². The third kappa shape index (κ3) is 18.2. The van der Waals surface area contributed by atoms with Gasteiger partial charge in [-0.1, -0.05) is 48.5 Å². The lowest BCUT2D eigenvalue weighted by atomic mass is 10.0. The van der Waals surface area contributed by atoms with Crippen LogP contribution in [0.15, 0.2) is 170 Å². The van der Waals surface area contributed by atoms with E-state index in [4.69, 9.17) is 9.47 Å². The van der Waals surface area contributed by atoms with Gasteiger partial charge < -0.3 is 49.5 Å². The van der Waals surface area contributed by atoms with Crippen molar-refractivity contribution in [3.05, 3.63) is 215 Å². The topological polar surface area (TPSA) is 156 Å². The molecule has 6 aromatic carbocycles. The molecule has 0 unspecified atom stereocenters. The zero-order valence-electron chi connectivity index (χ0n) is 54.0. The largest absolute Gasteiger partial charge is 0.474 e. The number of piperidine rings is 2. The van der Waals surface area contributed by atoms with Gasteiger partial charge in [0.1, 0.15) is 23.8 Å². The van der Waals surface area contributed by atoms with E-state index >= 15 is 0 Å². The van der Waals surface area contributed by atoms with Gasteiger partial charge in [0.05, 0.1) is 22.3 Å². The summed E-state index contributed by atoms with van der Waals surface area (Å²) >= 11 is 0. The second kappa shape index (κ2) is 31.8. The first kappa shape index (κ1) is 66.6. The summed E-state index contributed by atoms with van der Waals surface area (Å²) in [5.41, 5.74) is 11.6. The van der Waals surface area contributed by atoms with Crippen LogP contribution in [0.5, 0.6) is 11.8 Å². The van der Waals surface area contributed by atoms with Crippen molar-refractivity contribution in [3.8, 4) is 34.0 Å². The van der Waals surface area contributed by atoms with Gasteiger partial charge in [-0.25, -0.2) is 18.7 Å². The maximum atomic E-state index is 14.3. The lowest BCUT2D eigenvalue weighted by Crippen LogP contribution is -2.42. The van der Waals surface area contributed by atoms with Crippen LogP contribution in [0.25, 0.3) is 22.3 Å². The highest BCUT2D eigenvalue weighted by molar-refractivity contribution is 6.08. The minimum atomic E-state index is -0.557. The number of aromatic nitrogens is 2. The summed E-state index contributed by atoms with van der Waals surface area (Å²) in [5.74, 6) is -1.50. The molecule has 2 aliphatic rings. The van der Waals surface area contributed by atoms with E-state index in [1.165, 1.54) is 35.4 Å². The number of rotatable bonds is 22. The smallest absolute Gasteiger partial charge is 0.254 e. The molecule has 10 rings (SSSR count). The number of aryl methyl sites for hydroxylation is 2. The van der Waals surface area contributed by atoms with Gasteiger partial charge in [-0.3, -0.25) is 19.2 Å². The summed E-state index contributed by atoms with van der Waals surface area (Å²) in [6, 6.07) is 48.4. The Kier molecular flexibility index (Phi) is 23.0. The maximum absolute atomic E-state index is 14.3. The maximum Gasteiger partial charge on any atom is 0.254 e. The number of halogens is 2. The van der Waals surface area contributed by atoms with Gasteiger partial charge >= 0.3 is 0 Å². The lowest BCUT2D eigenvalue weighted by Gasteiger charge is -2.32. The van der Waals surface area contributed by atoms with Crippen molar-refractivity contribution < 1.29 is 37.4 Å². The Bertz CT molecular complexity index is 3720. The number of likely N-dealkylation sites (tertiary alicyclic amines) is 2. The van der Waals surface area contributed by atoms with Crippen LogP contribution in [0.4, 0.5) is 31.5 Å². The van der Waals surface area contributed by atoms with Crippen LogP contribution in [0, 0.1) is 11.6 Å². The molecule has 0 atom stereocenters. The number of amides is 4. The molecular weight excluding hydrogens is 1160 g/mol. The van der Waals surface area contributed by atoms with Crippen LogP contribution in [0.3, 0.4) is 0 Å². The van der Waals surface area contributed by atoms with E-state index in [0.717, 1.165) is 82.8 Å². The fraction of sp³-hybridized carbons (Fsp3) is 0.324. The third-order valence-corrected chi connectivity index (χ3v) is 16.6. The fourth-order valence-corrected chi connectivity index (χ4v) is 11.1. The Labute approximate surface area is 539 Å². The summed E-state index contributed by atoms with van der Waals surface area (Å²) in [6.07, 6.45) is 8.95. The van der Waals surface area contributed by atoms with Crippen molar-refractivity contribution in [1.29, 1.82) is 0 Å². The highest BCUT2D eigenvalue weighted by Gasteiger charge is 2.30. The molecule has 2 aromatic heterocycles. The first-order chi connectivity index (χ1) is 44.3. The van der Waals surface area contributed by atoms with E-state index in [2.05, 4.69) is 127 Å². The molecule has 0 bridgehead atoms. The number of pyridine rings is 2. The van der Waals surface area contributed by atoms with Crippen LogP contribution in [0.1, 0.15) is 91.1 Å². The standard InChI is InChI=1S/2C37H42FN5O3/c1-41(2)30-13-7-26(8-14-30)6-5-21-39-36(44)34-24-29(38)12-17-33(34)37(45)43-22-19-32(20-23-43)46-35-18-11-28(25-40-35)27-9-15-31(16-10-27)42(3)4;1-41(2)30-13-7-26(8-14-30)6-5-21-39-36(44)33-17-12-29(38)24-34(33)37(45)43-22-19-32(20-23-43)46-35-18-11-28(25-40-35)27-9-15-31(16-10-27)42(3)4/h2*7-18,24-25,32H,5-6,19-23H2,1-4H3,(H,39,44). The summed E-state index contributed by atoms with van der Waals surface area (Å²) in [6.45, 7) is 2.66. The van der Waals surface area contributed by atoms with E-state index in [1.807, 2.05) is 96.6 Å². The van der Waals surface area contributed by atoms with E-state index in [0.29, 0.717) is 76.7 Å². The Morgan fingerprint density at radius 3 is 1.13 bits per heavy atom. The summed E-state index contributed by atoms with van der Waals surface area (Å²) < 4.78 is 40.7. The lowest BCUT2D eigenvalue weighted by molar-refractivity contribution is 0.0577. The predicted octanol–water partition coefficient (Wildman–Crippen LogP) is 12.1. The number of carbonyl (C=O) groups is 4. The van der Waals surface area contributed by atoms with Crippen LogP contribution < -0.4 is 39.7 Å². The van der Waals surface area contributed by atoms with Gasteiger partial charge in [-0.05, 0) is 145 Å². The Balaban J connectivity index is 0.000000217. The molecule has 0 spiro atoms. The average Bonchev–Trinajstić information content (AvgIpc) is 1.05. The molecule has 18 heteroatoms. The predicted molar refractivity (Wildman–Crippen MR) is 363 cm³/mol. The van der Waals surface area contributed by atoms with Crippen molar-refractivity contribution in [2.75, 3.05) is 115 Å². The number of hydrogen-bond acceptors (Lipinski definition) is 12. The molecule has 480 valence electrons. The number of nitrogens with zero attached hydrogens (tertiary/aromatic N) is 8. The summed E-state index contributed by atoms with van der Waals surface area (Å²) in [4.78, 5) is 73.7. The molecule has 4 amide bonds. The fourth-order valence-electron chi connectivity index (χ4n) is 11.1. The van der Waals surface area contributed by atoms with E-state index in [9.17, 15) is 28.0 Å². The van der Waals surface area contributed by atoms with Gasteiger partial charge in [0.25, 0.3) is 23.6 Å². The normalized spacial score (nSPS) is 13.3. The minimum Gasteiger partial charge on any atom is -0.474 e. The number of nitrogens with one attached hydrogen (secondary N) is 2. The molecule has 8 aromatic rings. The molecule has 0 aliphatic carbocycles. The number of ether oxygens (including phenoxy) is 2. The van der Waals surface area contributed by atoms with Crippen molar-refractivity contribution in [1.82, 2.24) is 30.4 Å². The highest BCUT2D eigenvalue weighted by atomic mass is 19.1. The molecule has 2 fully saturated rings. The van der Waals surface area contributed by atoms with Crippen molar-refractivity contribution in [2.45, 2.75) is 63.6 Å². The number of benzene rings is 6. The molecule has 0 saturated carbocycles. The quantitative estimate of drug-likeness (QED) is 0.0620. The third-order valence-electron chi connectivity index (χ3n) is 16.6. The van der Waals surface area contributed by atoms with Gasteiger partial charge in [-0.15, -0.1) is 0 Å². The zero-order chi connectivity index (χ0) is 65.3. The first-order valence-corrected chi connectivity index (χ1v) is 31.4. The Morgan fingerprint density at radius 2 is 0.761 bits per heavy atom. The van der Waals surface area contributed by atoms with Crippen molar-refractivity contribution in [2.24, 2.45) is 0 Å². The van der Waals surface area contributed by atoms with Crippen LogP contribution in [-0.2, 0) is 12.8 Å². The first-order valence-electron chi connectivity index (χ1n) is 31.4. The van der Waals surface area contributed by atoms with Gasteiger partial charge in [0.15, 0.2) is 0 Å². The van der Waals surface area contributed by atoms with Crippen LogP contribution >= 0.6 is 0 Å². The molecule has 2 aliphatic heterocycles. The Hall–Kier alpha value is -9.84. The van der Waals surface area contributed by atoms with Gasteiger partial charge in [0.2, 0.25) is 11.8 Å². The molecule has 16 nitrogen and oxygen atoms in total. The highest BCUT2D eigenvalue weighted by Crippen LogP contribution is 2.29. The molecule has 2 N–H and O–H groups in total. The number of carbonyl (C=O) groups excluding carboxylic acids is 4. The zero-order valence-corrected chi connectivity index (χ0v) is 54.0. The molecule has 0 radical (unpaired) electrons. The van der Waals surface area contributed by atoms with Gasteiger partial charge in [0, 0.05) is 180 Å². The van der Waals surface area contributed by atoms with E-state index < -0.39 is 17.5 Å². The number of hydrogen-bond donors (Lipinski definition) is 2. The number of anilines is 4. The van der Waals surface area contributed by atoms with E-state index in [-0.39, 0.29) is 52.2 Å². The second-order valence-corrected chi connectivity index (χ2v) is 24.1.